The van der Waals surface area contributed by atoms with Crippen LogP contribution in [-0.4, -0.2) is 57.4 Å². The number of hydrogen-bond donors (Lipinski definition) is 3. The average Bonchev–Trinajstić information content (AvgIpc) is 3.30. The summed E-state index contributed by atoms with van der Waals surface area (Å²) >= 11 is 0. The van der Waals surface area contributed by atoms with Gasteiger partial charge in [-0.1, -0.05) is 12.1 Å². The van der Waals surface area contributed by atoms with Gasteiger partial charge in [-0.15, -0.1) is 0 Å². The third kappa shape index (κ3) is 5.11. The molecule has 0 spiro atoms. The lowest BCUT2D eigenvalue weighted by Crippen LogP contribution is -2.35. The summed E-state index contributed by atoms with van der Waals surface area (Å²) in [6.07, 6.45) is 7.98. The van der Waals surface area contributed by atoms with Gasteiger partial charge in [-0.25, -0.2) is 4.98 Å². The van der Waals surface area contributed by atoms with Gasteiger partial charge in [0.1, 0.15) is 0 Å². The lowest BCUT2D eigenvalue weighted by molar-refractivity contribution is -0.111. The Hall–Kier alpha value is -3.49. The van der Waals surface area contributed by atoms with Gasteiger partial charge in [0.05, 0.1) is 19.4 Å². The van der Waals surface area contributed by atoms with Gasteiger partial charge in [-0.3, -0.25) is 14.8 Å². The molecule has 0 unspecified atom stereocenters. The Labute approximate surface area is 174 Å². The Morgan fingerprint density at radius 3 is 2.77 bits per heavy atom. The van der Waals surface area contributed by atoms with Crippen molar-refractivity contribution in [2.45, 2.75) is 6.54 Å². The maximum Gasteiger partial charge on any atom is 0.248 e. The van der Waals surface area contributed by atoms with Crippen LogP contribution < -0.4 is 5.32 Å². The number of H-pyrrole nitrogens is 1. The smallest absolute Gasteiger partial charge is 0.248 e. The lowest BCUT2D eigenvalue weighted by atomic mass is 10.0. The molecule has 3 aromatic rings. The fraction of sp³-hybridized carbons (Fsp3) is 0.227. The van der Waals surface area contributed by atoms with E-state index in [1.54, 1.807) is 18.5 Å². The summed E-state index contributed by atoms with van der Waals surface area (Å²) < 4.78 is 5.37. The van der Waals surface area contributed by atoms with Gasteiger partial charge in [-0.2, -0.15) is 5.10 Å². The molecule has 4 rings (SSSR count). The van der Waals surface area contributed by atoms with Gasteiger partial charge in [-0.05, 0) is 29.3 Å². The molecule has 1 fully saturated rings. The number of aromatic nitrogens is 3. The van der Waals surface area contributed by atoms with Gasteiger partial charge in [0.25, 0.3) is 0 Å². The molecular weight excluding hydrogens is 382 g/mol. The zero-order valence-corrected chi connectivity index (χ0v) is 16.4. The molecule has 2 aromatic heterocycles. The number of pyridine rings is 1. The minimum Gasteiger partial charge on any atom is -0.493 e. The Morgan fingerprint density at radius 2 is 2.03 bits per heavy atom. The van der Waals surface area contributed by atoms with Crippen LogP contribution in [0.4, 0.5) is 5.69 Å². The van der Waals surface area contributed by atoms with Crippen LogP contribution in [0.25, 0.3) is 17.2 Å². The second kappa shape index (κ2) is 9.34. The van der Waals surface area contributed by atoms with E-state index in [1.807, 2.05) is 24.3 Å². The van der Waals surface area contributed by atoms with Crippen molar-refractivity contribution in [2.75, 3.05) is 31.6 Å². The molecule has 0 aliphatic carbocycles. The number of morpholine rings is 1. The van der Waals surface area contributed by atoms with Crippen molar-refractivity contribution < 1.29 is 14.6 Å². The summed E-state index contributed by atoms with van der Waals surface area (Å²) in [5, 5.41) is 19.2. The van der Waals surface area contributed by atoms with Crippen LogP contribution in [-0.2, 0) is 16.1 Å². The number of aromatic amines is 1. The van der Waals surface area contributed by atoms with Gasteiger partial charge in [0.2, 0.25) is 11.8 Å². The SMILES string of the molecule is O=C(/C=C/c1cnc(O)cc1-c1cn[nH]c1)Nc1ccc(CN2CCOCC2)cc1. The van der Waals surface area contributed by atoms with E-state index < -0.39 is 0 Å². The number of anilines is 1. The third-order valence-corrected chi connectivity index (χ3v) is 4.88. The summed E-state index contributed by atoms with van der Waals surface area (Å²) in [6.45, 7) is 4.31. The summed E-state index contributed by atoms with van der Waals surface area (Å²) in [7, 11) is 0. The largest absolute Gasteiger partial charge is 0.493 e. The second-order valence-electron chi connectivity index (χ2n) is 7.02. The molecule has 0 atom stereocenters. The first-order valence-electron chi connectivity index (χ1n) is 9.74. The Bertz CT molecular complexity index is 1010. The molecule has 0 radical (unpaired) electrons. The molecule has 3 N–H and O–H groups in total. The van der Waals surface area contributed by atoms with Crippen LogP contribution >= 0.6 is 0 Å². The molecule has 1 amide bonds. The van der Waals surface area contributed by atoms with Crippen LogP contribution in [0.15, 0.2) is 55.0 Å². The number of ether oxygens (including phenoxy) is 1. The van der Waals surface area contributed by atoms with Crippen LogP contribution in [0.3, 0.4) is 0 Å². The highest BCUT2D eigenvalue weighted by Gasteiger charge is 2.11. The van der Waals surface area contributed by atoms with E-state index >= 15 is 0 Å². The van der Waals surface area contributed by atoms with E-state index in [1.165, 1.54) is 23.9 Å². The maximum atomic E-state index is 12.3. The molecule has 8 heteroatoms. The molecule has 1 aromatic carbocycles. The number of nitrogens with one attached hydrogen (secondary N) is 2. The normalized spacial score (nSPS) is 14.8. The number of aromatic hydroxyl groups is 1. The fourth-order valence-corrected chi connectivity index (χ4v) is 3.30. The van der Waals surface area contributed by atoms with Crippen molar-refractivity contribution in [3.8, 4) is 17.0 Å². The fourth-order valence-electron chi connectivity index (χ4n) is 3.30. The highest BCUT2D eigenvalue weighted by atomic mass is 16.5. The highest BCUT2D eigenvalue weighted by molar-refractivity contribution is 6.02. The van der Waals surface area contributed by atoms with Gasteiger partial charge in [0.15, 0.2) is 0 Å². The van der Waals surface area contributed by atoms with E-state index in [4.69, 9.17) is 4.74 Å². The maximum absolute atomic E-state index is 12.3. The predicted molar refractivity (Wildman–Crippen MR) is 114 cm³/mol. The van der Waals surface area contributed by atoms with E-state index in [0.29, 0.717) is 5.56 Å². The van der Waals surface area contributed by atoms with Crippen molar-refractivity contribution in [3.05, 3.63) is 66.1 Å². The zero-order valence-electron chi connectivity index (χ0n) is 16.4. The zero-order chi connectivity index (χ0) is 20.8. The van der Waals surface area contributed by atoms with E-state index in [9.17, 15) is 9.90 Å². The number of rotatable bonds is 6. The van der Waals surface area contributed by atoms with Crippen LogP contribution in [0.2, 0.25) is 0 Å². The Balaban J connectivity index is 1.38. The van der Waals surface area contributed by atoms with E-state index in [-0.39, 0.29) is 11.8 Å². The van der Waals surface area contributed by atoms with Gasteiger partial charge < -0.3 is 15.2 Å². The van der Waals surface area contributed by atoms with Crippen LogP contribution in [0.5, 0.6) is 5.88 Å². The number of carbonyl (C=O) groups is 1. The monoisotopic (exact) mass is 405 g/mol. The first kappa shape index (κ1) is 19.8. The first-order valence-corrected chi connectivity index (χ1v) is 9.74. The summed E-state index contributed by atoms with van der Waals surface area (Å²) in [5.41, 5.74) is 4.15. The molecule has 30 heavy (non-hydrogen) atoms. The molecule has 8 nitrogen and oxygen atoms in total. The van der Waals surface area contributed by atoms with Gasteiger partial charge >= 0.3 is 0 Å². The van der Waals surface area contributed by atoms with E-state index in [2.05, 4.69) is 25.4 Å². The molecule has 1 saturated heterocycles. The average molecular weight is 405 g/mol. The predicted octanol–water partition coefficient (Wildman–Crippen LogP) is 2.66. The summed E-state index contributed by atoms with van der Waals surface area (Å²) in [6, 6.07) is 9.39. The molecule has 0 saturated carbocycles. The van der Waals surface area contributed by atoms with E-state index in [0.717, 1.165) is 49.7 Å². The quantitative estimate of drug-likeness (QED) is 0.545. The van der Waals surface area contributed by atoms with Crippen LogP contribution in [0.1, 0.15) is 11.1 Å². The number of nitrogens with zero attached hydrogens (tertiary/aromatic N) is 3. The minimum absolute atomic E-state index is 0.0926. The molecule has 154 valence electrons. The molecule has 1 aliphatic heterocycles. The lowest BCUT2D eigenvalue weighted by Gasteiger charge is -2.26. The highest BCUT2D eigenvalue weighted by Crippen LogP contribution is 2.26. The molecule has 1 aliphatic rings. The Morgan fingerprint density at radius 1 is 1.23 bits per heavy atom. The van der Waals surface area contributed by atoms with Crippen molar-refractivity contribution in [2.24, 2.45) is 0 Å². The summed E-state index contributed by atoms with van der Waals surface area (Å²) in [4.78, 5) is 18.6. The van der Waals surface area contributed by atoms with Crippen molar-refractivity contribution in [3.63, 3.8) is 0 Å². The Kier molecular flexibility index (Phi) is 6.17. The molecule has 3 heterocycles. The second-order valence-corrected chi connectivity index (χ2v) is 7.02. The topological polar surface area (TPSA) is 103 Å². The number of carbonyl (C=O) groups excluding carboxylic acids is 1. The minimum atomic E-state index is -0.248. The standard InChI is InChI=1S/C22H23N5O3/c28-21(6-3-17-12-23-22(29)11-20(17)18-13-24-25-14-18)26-19-4-1-16(2-5-19)15-27-7-9-30-10-8-27/h1-6,11-14H,7-10,15H2,(H,23,29)(H,24,25)(H,26,28)/b6-3+. The number of benzene rings is 1. The van der Waals surface area contributed by atoms with Gasteiger partial charge in [0, 0.05) is 61.0 Å². The van der Waals surface area contributed by atoms with Crippen molar-refractivity contribution >= 4 is 17.7 Å². The number of hydrogen-bond acceptors (Lipinski definition) is 6. The molecule has 0 bridgehead atoms. The van der Waals surface area contributed by atoms with Crippen molar-refractivity contribution in [1.29, 1.82) is 0 Å². The number of amides is 1. The third-order valence-electron chi connectivity index (χ3n) is 4.88. The first-order chi connectivity index (χ1) is 14.7. The van der Waals surface area contributed by atoms with Crippen molar-refractivity contribution in [1.82, 2.24) is 20.1 Å². The van der Waals surface area contributed by atoms with Crippen LogP contribution in [0, 0.1) is 0 Å². The summed E-state index contributed by atoms with van der Waals surface area (Å²) in [5.74, 6) is -0.341. The molecular formula is C22H23N5O3.